The minimum Gasteiger partial charge on any atom is -0.316 e. The highest BCUT2D eigenvalue weighted by molar-refractivity contribution is 7.11. The third kappa shape index (κ3) is 5.08. The van der Waals surface area contributed by atoms with Crippen molar-refractivity contribution in [3.63, 3.8) is 0 Å². The second-order valence-electron chi connectivity index (χ2n) is 4.80. The Balaban J connectivity index is 2.07. The van der Waals surface area contributed by atoms with Gasteiger partial charge in [0, 0.05) is 4.88 Å². The van der Waals surface area contributed by atoms with Crippen molar-refractivity contribution in [2.24, 2.45) is 5.92 Å². The molecule has 2 nitrogen and oxygen atoms in total. The Morgan fingerprint density at radius 2 is 2.00 bits per heavy atom. The molecule has 0 spiro atoms. The van der Waals surface area contributed by atoms with E-state index >= 15 is 0 Å². The van der Waals surface area contributed by atoms with Crippen molar-refractivity contribution >= 4 is 11.3 Å². The molecule has 0 radical (unpaired) electrons. The maximum Gasteiger partial charge on any atom is 0.0930 e. The van der Waals surface area contributed by atoms with Crippen LogP contribution in [0.1, 0.15) is 42.3 Å². The first kappa shape index (κ1) is 13.7. The van der Waals surface area contributed by atoms with E-state index < -0.39 is 0 Å². The lowest BCUT2D eigenvalue weighted by molar-refractivity contribution is 0.535. The summed E-state index contributed by atoms with van der Waals surface area (Å²) in [6.07, 6.45) is 3.64. The van der Waals surface area contributed by atoms with Gasteiger partial charge in [0.1, 0.15) is 0 Å². The number of nitrogens with zero attached hydrogens (tertiary/aromatic N) is 1. The molecule has 0 bridgehead atoms. The topological polar surface area (TPSA) is 24.9 Å². The molecule has 0 saturated carbocycles. The summed E-state index contributed by atoms with van der Waals surface area (Å²) in [7, 11) is 0. The van der Waals surface area contributed by atoms with E-state index in [1.54, 1.807) is 0 Å². The SMILES string of the molecule is Cc1nc(CCCCNCC(C)C)sc1C. The maximum atomic E-state index is 4.55. The van der Waals surface area contributed by atoms with Crippen molar-refractivity contribution in [2.45, 2.75) is 47.0 Å². The fraction of sp³-hybridized carbons (Fsp3) is 0.769. The minimum atomic E-state index is 0.754. The summed E-state index contributed by atoms with van der Waals surface area (Å²) in [5.74, 6) is 0.754. The first-order valence-electron chi connectivity index (χ1n) is 6.23. The van der Waals surface area contributed by atoms with Gasteiger partial charge < -0.3 is 5.32 Å². The lowest BCUT2D eigenvalue weighted by atomic mass is 10.2. The van der Waals surface area contributed by atoms with Crippen LogP contribution in [0.25, 0.3) is 0 Å². The van der Waals surface area contributed by atoms with Gasteiger partial charge in [0.05, 0.1) is 10.7 Å². The molecule has 0 fully saturated rings. The zero-order valence-corrected chi connectivity index (χ0v) is 11.8. The van der Waals surface area contributed by atoms with Gasteiger partial charge in [-0.15, -0.1) is 11.3 Å². The Bertz CT molecular complexity index is 285. The normalized spacial score (nSPS) is 11.3. The van der Waals surface area contributed by atoms with E-state index in [1.807, 2.05) is 11.3 Å². The van der Waals surface area contributed by atoms with Gasteiger partial charge >= 0.3 is 0 Å². The van der Waals surface area contributed by atoms with E-state index in [4.69, 9.17) is 0 Å². The lowest BCUT2D eigenvalue weighted by Crippen LogP contribution is -2.20. The smallest absolute Gasteiger partial charge is 0.0930 e. The van der Waals surface area contributed by atoms with Crippen LogP contribution in [0.3, 0.4) is 0 Å². The lowest BCUT2D eigenvalue weighted by Gasteiger charge is -2.06. The molecule has 0 aromatic carbocycles. The second-order valence-corrected chi connectivity index (χ2v) is 6.09. The van der Waals surface area contributed by atoms with Crippen LogP contribution in [-0.2, 0) is 6.42 Å². The predicted molar refractivity (Wildman–Crippen MR) is 72.2 cm³/mol. The number of rotatable bonds is 7. The van der Waals surface area contributed by atoms with Crippen molar-refractivity contribution in [3.05, 3.63) is 15.6 Å². The second kappa shape index (κ2) is 7.02. The highest BCUT2D eigenvalue weighted by Crippen LogP contribution is 2.17. The van der Waals surface area contributed by atoms with Crippen LogP contribution < -0.4 is 5.32 Å². The summed E-state index contributed by atoms with van der Waals surface area (Å²) in [5.41, 5.74) is 1.21. The number of thiazole rings is 1. The van der Waals surface area contributed by atoms with Crippen LogP contribution in [0.15, 0.2) is 0 Å². The van der Waals surface area contributed by atoms with Crippen molar-refractivity contribution < 1.29 is 0 Å². The van der Waals surface area contributed by atoms with Gasteiger partial charge in [0.25, 0.3) is 0 Å². The average molecular weight is 240 g/mol. The van der Waals surface area contributed by atoms with E-state index in [-0.39, 0.29) is 0 Å². The van der Waals surface area contributed by atoms with Crippen LogP contribution in [0.2, 0.25) is 0 Å². The van der Waals surface area contributed by atoms with Crippen LogP contribution in [0.5, 0.6) is 0 Å². The molecule has 1 N–H and O–H groups in total. The van der Waals surface area contributed by atoms with Gasteiger partial charge in [-0.05, 0) is 52.1 Å². The summed E-state index contributed by atoms with van der Waals surface area (Å²) in [4.78, 5) is 5.92. The van der Waals surface area contributed by atoms with E-state index in [0.717, 1.165) is 25.4 Å². The van der Waals surface area contributed by atoms with Crippen LogP contribution in [-0.4, -0.2) is 18.1 Å². The highest BCUT2D eigenvalue weighted by Gasteiger charge is 2.02. The molecule has 16 heavy (non-hydrogen) atoms. The summed E-state index contributed by atoms with van der Waals surface area (Å²) in [5, 5.41) is 4.78. The van der Waals surface area contributed by atoms with Gasteiger partial charge in [0.15, 0.2) is 0 Å². The monoisotopic (exact) mass is 240 g/mol. The van der Waals surface area contributed by atoms with Gasteiger partial charge in [-0.3, -0.25) is 0 Å². The van der Waals surface area contributed by atoms with Crippen LogP contribution in [0.4, 0.5) is 0 Å². The Morgan fingerprint density at radius 1 is 1.25 bits per heavy atom. The summed E-state index contributed by atoms with van der Waals surface area (Å²) in [6, 6.07) is 0. The number of hydrogen-bond donors (Lipinski definition) is 1. The Labute approximate surface area is 103 Å². The number of nitrogens with one attached hydrogen (secondary N) is 1. The van der Waals surface area contributed by atoms with Gasteiger partial charge in [-0.25, -0.2) is 4.98 Å². The van der Waals surface area contributed by atoms with Crippen molar-refractivity contribution in [3.8, 4) is 0 Å². The first-order valence-corrected chi connectivity index (χ1v) is 7.05. The molecular formula is C13H24N2S. The Kier molecular flexibility index (Phi) is 5.99. The molecule has 1 aromatic rings. The van der Waals surface area contributed by atoms with Gasteiger partial charge in [-0.1, -0.05) is 13.8 Å². The molecule has 0 saturated heterocycles. The van der Waals surface area contributed by atoms with E-state index in [9.17, 15) is 0 Å². The van der Waals surface area contributed by atoms with Gasteiger partial charge in [-0.2, -0.15) is 0 Å². The predicted octanol–water partition coefficient (Wildman–Crippen LogP) is 3.33. The first-order chi connectivity index (χ1) is 7.59. The van der Waals surface area contributed by atoms with Crippen LogP contribution in [0, 0.1) is 19.8 Å². The Morgan fingerprint density at radius 3 is 2.56 bits per heavy atom. The van der Waals surface area contributed by atoms with Crippen molar-refractivity contribution in [1.29, 1.82) is 0 Å². The van der Waals surface area contributed by atoms with E-state index in [0.29, 0.717) is 0 Å². The fourth-order valence-electron chi connectivity index (χ4n) is 1.56. The summed E-state index contributed by atoms with van der Waals surface area (Å²) < 4.78 is 0. The molecule has 0 unspecified atom stereocenters. The third-order valence-electron chi connectivity index (χ3n) is 2.62. The molecule has 92 valence electrons. The molecule has 1 aromatic heterocycles. The summed E-state index contributed by atoms with van der Waals surface area (Å²) in [6.45, 7) is 11.0. The molecular weight excluding hydrogens is 216 g/mol. The van der Waals surface area contributed by atoms with Crippen molar-refractivity contribution in [2.75, 3.05) is 13.1 Å². The quantitative estimate of drug-likeness (QED) is 0.740. The van der Waals surface area contributed by atoms with Gasteiger partial charge in [0.2, 0.25) is 0 Å². The zero-order chi connectivity index (χ0) is 12.0. The van der Waals surface area contributed by atoms with E-state index in [2.05, 4.69) is 38.0 Å². The number of aromatic nitrogens is 1. The molecule has 0 aliphatic heterocycles. The average Bonchev–Trinajstić information content (AvgIpc) is 2.52. The molecule has 0 amide bonds. The van der Waals surface area contributed by atoms with E-state index in [1.165, 1.54) is 28.4 Å². The highest BCUT2D eigenvalue weighted by atomic mass is 32.1. The van der Waals surface area contributed by atoms with Crippen molar-refractivity contribution in [1.82, 2.24) is 10.3 Å². The standard InChI is InChI=1S/C13H24N2S/c1-10(2)9-14-8-6-5-7-13-15-11(3)12(4)16-13/h10,14H,5-9H2,1-4H3. The zero-order valence-electron chi connectivity index (χ0n) is 11.0. The molecule has 3 heteroatoms. The Hall–Kier alpha value is -0.410. The fourth-order valence-corrected chi connectivity index (χ4v) is 2.54. The molecule has 0 aliphatic rings. The number of aryl methyl sites for hydroxylation is 3. The summed E-state index contributed by atoms with van der Waals surface area (Å²) >= 11 is 1.85. The maximum absolute atomic E-state index is 4.55. The number of hydrogen-bond acceptors (Lipinski definition) is 3. The largest absolute Gasteiger partial charge is 0.316 e. The minimum absolute atomic E-state index is 0.754. The number of unbranched alkanes of at least 4 members (excludes halogenated alkanes) is 1. The molecule has 0 aliphatic carbocycles. The molecule has 1 rings (SSSR count). The third-order valence-corrected chi connectivity index (χ3v) is 3.75. The van der Waals surface area contributed by atoms with Crippen LogP contribution >= 0.6 is 11.3 Å². The molecule has 0 atom stereocenters. The molecule has 1 heterocycles.